The van der Waals surface area contributed by atoms with Gasteiger partial charge in [0.05, 0.1) is 6.04 Å². The summed E-state index contributed by atoms with van der Waals surface area (Å²) in [4.78, 5) is 0. The van der Waals surface area contributed by atoms with Gasteiger partial charge in [-0.05, 0) is 81.4 Å². The quantitative estimate of drug-likeness (QED) is 0.335. The third-order valence-electron chi connectivity index (χ3n) is 5.79. The van der Waals surface area contributed by atoms with Crippen LogP contribution in [0.5, 0.6) is 0 Å². The number of rotatable bonds is 1. The van der Waals surface area contributed by atoms with E-state index >= 15 is 0 Å². The number of hydrogen-bond acceptors (Lipinski definition) is 1. The monoisotopic (exact) mass is 437 g/mol. The fourth-order valence-electron chi connectivity index (χ4n) is 4.67. The lowest BCUT2D eigenvalue weighted by molar-refractivity contribution is 0.427. The highest BCUT2D eigenvalue weighted by molar-refractivity contribution is 14.1. The Hall–Kier alpha value is -1.81. The van der Waals surface area contributed by atoms with Crippen LogP contribution in [-0.2, 0) is 0 Å². The Bertz CT molecular complexity index is 999. The van der Waals surface area contributed by atoms with Gasteiger partial charge in [-0.15, -0.1) is 0 Å². The summed E-state index contributed by atoms with van der Waals surface area (Å²) in [5, 5.41) is 6.63. The summed E-state index contributed by atoms with van der Waals surface area (Å²) in [5.74, 6) is 1.12. The summed E-state index contributed by atoms with van der Waals surface area (Å²) in [5.41, 5.74) is 5.59. The normalized spacial score (nSPS) is 24.0. The highest BCUT2D eigenvalue weighted by Gasteiger charge is 2.38. The van der Waals surface area contributed by atoms with E-state index in [2.05, 4.69) is 102 Å². The lowest BCUT2D eigenvalue weighted by Crippen LogP contribution is -2.29. The van der Waals surface area contributed by atoms with Crippen LogP contribution in [0.25, 0.3) is 10.8 Å². The number of allylic oxidation sites excluding steroid dienone is 2. The number of benzene rings is 3. The van der Waals surface area contributed by atoms with Gasteiger partial charge in [-0.3, -0.25) is 0 Å². The van der Waals surface area contributed by atoms with Gasteiger partial charge in [0.15, 0.2) is 0 Å². The van der Waals surface area contributed by atoms with Gasteiger partial charge in [0.1, 0.15) is 0 Å². The molecule has 0 aromatic heterocycles. The van der Waals surface area contributed by atoms with Crippen LogP contribution in [0.4, 0.5) is 5.69 Å². The van der Waals surface area contributed by atoms with Gasteiger partial charge >= 0.3 is 0 Å². The van der Waals surface area contributed by atoms with E-state index in [0.29, 0.717) is 17.9 Å². The molecule has 0 bridgehead atoms. The fraction of sp³-hybridized carbons (Fsp3) is 0.217. The first kappa shape index (κ1) is 15.4. The molecule has 5 rings (SSSR count). The average Bonchev–Trinajstić information content (AvgIpc) is 3.11. The van der Waals surface area contributed by atoms with Crippen LogP contribution in [0, 0.1) is 16.4 Å². The van der Waals surface area contributed by atoms with Gasteiger partial charge in [-0.1, -0.05) is 54.6 Å². The molecule has 1 heterocycles. The van der Waals surface area contributed by atoms with E-state index in [4.69, 9.17) is 0 Å². The first-order valence-corrected chi connectivity index (χ1v) is 10.0. The van der Waals surface area contributed by atoms with Gasteiger partial charge in [0, 0.05) is 15.2 Å². The number of hydrogen-bond donors (Lipinski definition) is 1. The molecule has 0 unspecified atom stereocenters. The highest BCUT2D eigenvalue weighted by atomic mass is 127. The Kier molecular flexibility index (Phi) is 3.63. The molecule has 3 aromatic rings. The second kappa shape index (κ2) is 5.87. The summed E-state index contributed by atoms with van der Waals surface area (Å²) < 4.78 is 1.33. The van der Waals surface area contributed by atoms with Crippen molar-refractivity contribution in [2.24, 2.45) is 5.92 Å². The molecule has 1 N–H and O–H groups in total. The van der Waals surface area contributed by atoms with Crippen LogP contribution in [0.1, 0.15) is 35.1 Å². The van der Waals surface area contributed by atoms with Crippen molar-refractivity contribution in [3.8, 4) is 0 Å². The van der Waals surface area contributed by atoms with E-state index in [0.717, 1.165) is 6.42 Å². The van der Waals surface area contributed by atoms with Crippen LogP contribution in [0.15, 0.2) is 66.7 Å². The van der Waals surface area contributed by atoms with E-state index < -0.39 is 0 Å². The number of nitrogens with one attached hydrogen (secondary N) is 1. The first-order chi connectivity index (χ1) is 12.2. The summed E-state index contributed by atoms with van der Waals surface area (Å²) in [7, 11) is 0. The van der Waals surface area contributed by atoms with Gasteiger partial charge < -0.3 is 5.32 Å². The molecule has 0 amide bonds. The number of anilines is 1. The zero-order chi connectivity index (χ0) is 17.0. The molecule has 2 heteroatoms. The molecule has 2 aliphatic rings. The van der Waals surface area contributed by atoms with Crippen LogP contribution in [0.3, 0.4) is 0 Å². The predicted octanol–water partition coefficient (Wildman–Crippen LogP) is 6.58. The van der Waals surface area contributed by atoms with Gasteiger partial charge in [0.25, 0.3) is 0 Å². The molecule has 3 atom stereocenters. The van der Waals surface area contributed by atoms with E-state index in [9.17, 15) is 0 Å². The molecule has 0 fully saturated rings. The summed E-state index contributed by atoms with van der Waals surface area (Å²) >= 11 is 2.44. The van der Waals surface area contributed by atoms with Gasteiger partial charge in [-0.25, -0.2) is 0 Å². The molecule has 0 spiro atoms. The zero-order valence-corrected chi connectivity index (χ0v) is 16.3. The molecule has 25 heavy (non-hydrogen) atoms. The Morgan fingerprint density at radius 3 is 2.76 bits per heavy atom. The van der Waals surface area contributed by atoms with Crippen molar-refractivity contribution >= 4 is 39.1 Å². The smallest absolute Gasteiger partial charge is 0.0560 e. The molecule has 0 saturated carbocycles. The maximum absolute atomic E-state index is 3.93. The largest absolute Gasteiger partial charge is 0.377 e. The zero-order valence-electron chi connectivity index (χ0n) is 14.2. The second-order valence-corrected chi connectivity index (χ2v) is 8.48. The molecular formula is C23H20IN. The van der Waals surface area contributed by atoms with Crippen LogP contribution < -0.4 is 5.32 Å². The van der Waals surface area contributed by atoms with Gasteiger partial charge in [0.2, 0.25) is 0 Å². The van der Waals surface area contributed by atoms with E-state index in [-0.39, 0.29) is 0 Å². The SMILES string of the molecule is Cc1cc(I)cc2c1N[C@H](c1cccc3ccccc13)[C@H]1CC=C[C@@H]21. The lowest BCUT2D eigenvalue weighted by Gasteiger charge is -2.39. The van der Waals surface area contributed by atoms with Crippen molar-refractivity contribution in [1.29, 1.82) is 0 Å². The van der Waals surface area contributed by atoms with E-state index in [1.165, 1.54) is 36.7 Å². The molecule has 1 aliphatic carbocycles. The fourth-order valence-corrected chi connectivity index (χ4v) is 5.47. The van der Waals surface area contributed by atoms with Crippen LogP contribution in [-0.4, -0.2) is 0 Å². The van der Waals surface area contributed by atoms with Crippen LogP contribution >= 0.6 is 22.6 Å². The molecule has 1 aliphatic heterocycles. The van der Waals surface area contributed by atoms with Crippen LogP contribution in [0.2, 0.25) is 0 Å². The number of fused-ring (bicyclic) bond motifs is 4. The molecule has 3 aromatic carbocycles. The molecule has 124 valence electrons. The molecule has 0 radical (unpaired) electrons. The minimum atomic E-state index is 0.359. The van der Waals surface area contributed by atoms with Gasteiger partial charge in [-0.2, -0.15) is 0 Å². The maximum atomic E-state index is 3.93. The Morgan fingerprint density at radius 2 is 1.84 bits per heavy atom. The average molecular weight is 437 g/mol. The van der Waals surface area contributed by atoms with Crippen molar-refractivity contribution in [3.63, 3.8) is 0 Å². The summed E-state index contributed by atoms with van der Waals surface area (Å²) in [6.07, 6.45) is 5.95. The topological polar surface area (TPSA) is 12.0 Å². The number of aryl methyl sites for hydroxylation is 1. The Balaban J connectivity index is 1.70. The van der Waals surface area contributed by atoms with Crippen molar-refractivity contribution in [2.45, 2.75) is 25.3 Å². The first-order valence-electron chi connectivity index (χ1n) is 8.93. The molecular weight excluding hydrogens is 417 g/mol. The Morgan fingerprint density at radius 1 is 1.00 bits per heavy atom. The lowest BCUT2D eigenvalue weighted by atomic mass is 9.75. The maximum Gasteiger partial charge on any atom is 0.0560 e. The second-order valence-electron chi connectivity index (χ2n) is 7.23. The Labute approximate surface area is 162 Å². The minimum Gasteiger partial charge on any atom is -0.377 e. The molecule has 1 nitrogen and oxygen atoms in total. The molecule has 0 saturated heterocycles. The minimum absolute atomic E-state index is 0.359. The van der Waals surface area contributed by atoms with E-state index in [1.807, 2.05) is 0 Å². The highest BCUT2D eigenvalue weighted by Crippen LogP contribution is 2.51. The van der Waals surface area contributed by atoms with Crippen molar-refractivity contribution in [2.75, 3.05) is 5.32 Å². The van der Waals surface area contributed by atoms with E-state index in [1.54, 1.807) is 0 Å². The van der Waals surface area contributed by atoms with Crippen molar-refractivity contribution in [1.82, 2.24) is 0 Å². The number of halogens is 1. The third-order valence-corrected chi connectivity index (χ3v) is 6.41. The predicted molar refractivity (Wildman–Crippen MR) is 114 cm³/mol. The third kappa shape index (κ3) is 2.42. The van der Waals surface area contributed by atoms with Crippen molar-refractivity contribution in [3.05, 3.63) is 87.0 Å². The summed E-state index contributed by atoms with van der Waals surface area (Å²) in [6.45, 7) is 2.23. The standard InChI is InChI=1S/C23H20IN/c1-14-12-16(24)13-21-18-9-5-11-20(18)23(25-22(14)21)19-10-4-7-15-6-2-3-8-17(15)19/h2-10,12-13,18,20,23,25H,11H2,1H3/t18-,20+,23-/m1/s1. The van der Waals surface area contributed by atoms with Crippen molar-refractivity contribution < 1.29 is 0 Å². The summed E-state index contributed by atoms with van der Waals surface area (Å²) in [6, 6.07) is 20.5.